The van der Waals surface area contributed by atoms with Gasteiger partial charge in [-0.3, -0.25) is 4.99 Å². The minimum atomic E-state index is 0.232. The molecule has 0 aliphatic rings. The standard InChI is InChI=1S/C8H17NS/c1-6-9-7(10-5)8(2,3)4/h6H2,1-5H3. The summed E-state index contributed by atoms with van der Waals surface area (Å²) in [6, 6.07) is 0. The zero-order valence-electron chi connectivity index (χ0n) is 7.56. The van der Waals surface area contributed by atoms with Crippen LogP contribution in [-0.4, -0.2) is 17.8 Å². The van der Waals surface area contributed by atoms with Crippen molar-refractivity contribution in [1.29, 1.82) is 0 Å². The second-order valence-corrected chi connectivity index (χ2v) is 4.03. The highest BCUT2D eigenvalue weighted by molar-refractivity contribution is 8.13. The van der Waals surface area contributed by atoms with Crippen molar-refractivity contribution in [3.63, 3.8) is 0 Å². The van der Waals surface area contributed by atoms with Gasteiger partial charge in [0.25, 0.3) is 0 Å². The van der Waals surface area contributed by atoms with Gasteiger partial charge >= 0.3 is 0 Å². The Labute approximate surface area is 68.3 Å². The summed E-state index contributed by atoms with van der Waals surface area (Å²) in [5.41, 5.74) is 0.232. The van der Waals surface area contributed by atoms with Crippen molar-refractivity contribution in [2.24, 2.45) is 10.4 Å². The fourth-order valence-corrected chi connectivity index (χ4v) is 1.62. The number of hydrogen-bond donors (Lipinski definition) is 0. The van der Waals surface area contributed by atoms with E-state index in [1.54, 1.807) is 11.8 Å². The first-order valence-corrected chi connectivity index (χ1v) is 4.83. The minimum Gasteiger partial charge on any atom is -0.283 e. The Balaban J connectivity index is 4.21. The lowest BCUT2D eigenvalue weighted by molar-refractivity contribution is 0.599. The highest BCUT2D eigenvalue weighted by Gasteiger charge is 2.16. The van der Waals surface area contributed by atoms with Gasteiger partial charge in [0.05, 0.1) is 5.04 Å². The Morgan fingerprint density at radius 3 is 2.00 bits per heavy atom. The number of rotatable bonds is 1. The molecular formula is C8H17NS. The number of thioether (sulfide) groups is 1. The van der Waals surface area contributed by atoms with Crippen LogP contribution in [0.1, 0.15) is 27.7 Å². The molecule has 0 heterocycles. The fraction of sp³-hybridized carbons (Fsp3) is 0.875. The van der Waals surface area contributed by atoms with Crippen LogP contribution in [0.25, 0.3) is 0 Å². The van der Waals surface area contributed by atoms with Crippen molar-refractivity contribution in [2.45, 2.75) is 27.7 Å². The lowest BCUT2D eigenvalue weighted by atomic mass is 9.99. The molecule has 0 bridgehead atoms. The van der Waals surface area contributed by atoms with Crippen LogP contribution in [0.3, 0.4) is 0 Å². The molecule has 0 aromatic rings. The van der Waals surface area contributed by atoms with Gasteiger partial charge in [0.15, 0.2) is 0 Å². The van der Waals surface area contributed by atoms with E-state index in [4.69, 9.17) is 0 Å². The van der Waals surface area contributed by atoms with E-state index in [1.807, 2.05) is 0 Å². The maximum absolute atomic E-state index is 4.39. The van der Waals surface area contributed by atoms with Gasteiger partial charge in [0.1, 0.15) is 0 Å². The van der Waals surface area contributed by atoms with Gasteiger partial charge in [0.2, 0.25) is 0 Å². The summed E-state index contributed by atoms with van der Waals surface area (Å²) < 4.78 is 0. The summed E-state index contributed by atoms with van der Waals surface area (Å²) in [7, 11) is 0. The Bertz CT molecular complexity index is 122. The summed E-state index contributed by atoms with van der Waals surface area (Å²) in [6.45, 7) is 9.55. The van der Waals surface area contributed by atoms with Crippen LogP contribution in [0.5, 0.6) is 0 Å². The van der Waals surface area contributed by atoms with Crippen LogP contribution in [0, 0.1) is 5.41 Å². The lowest BCUT2D eigenvalue weighted by Gasteiger charge is -2.19. The van der Waals surface area contributed by atoms with E-state index >= 15 is 0 Å². The molecule has 0 aromatic carbocycles. The molecule has 0 aromatic heterocycles. The first-order chi connectivity index (χ1) is 4.52. The number of hydrogen-bond acceptors (Lipinski definition) is 2. The molecule has 0 aliphatic heterocycles. The molecule has 0 amide bonds. The molecule has 0 N–H and O–H groups in total. The average Bonchev–Trinajstić information content (AvgIpc) is 1.80. The van der Waals surface area contributed by atoms with Crippen LogP contribution >= 0.6 is 11.8 Å². The van der Waals surface area contributed by atoms with E-state index in [0.29, 0.717) is 0 Å². The molecule has 0 atom stereocenters. The molecular weight excluding hydrogens is 142 g/mol. The summed E-state index contributed by atoms with van der Waals surface area (Å²) in [5.74, 6) is 0. The molecule has 0 unspecified atom stereocenters. The molecule has 0 fully saturated rings. The quantitative estimate of drug-likeness (QED) is 0.423. The lowest BCUT2D eigenvalue weighted by Crippen LogP contribution is -2.16. The molecule has 10 heavy (non-hydrogen) atoms. The van der Waals surface area contributed by atoms with Crippen LogP contribution in [0.4, 0.5) is 0 Å². The van der Waals surface area contributed by atoms with Crippen molar-refractivity contribution >= 4 is 16.8 Å². The SMILES string of the molecule is CCN=C(SC)C(C)(C)C. The first kappa shape index (κ1) is 10.0. The molecule has 0 spiro atoms. The van der Waals surface area contributed by atoms with Crippen molar-refractivity contribution in [2.75, 3.05) is 12.8 Å². The maximum atomic E-state index is 4.39. The third-order valence-electron chi connectivity index (χ3n) is 1.14. The molecule has 2 heteroatoms. The van der Waals surface area contributed by atoms with Crippen LogP contribution < -0.4 is 0 Å². The minimum absolute atomic E-state index is 0.232. The highest BCUT2D eigenvalue weighted by atomic mass is 32.2. The van der Waals surface area contributed by atoms with Gasteiger partial charge in [-0.25, -0.2) is 0 Å². The Kier molecular flexibility index (Phi) is 4.02. The molecule has 0 rings (SSSR count). The normalized spacial score (nSPS) is 13.9. The van der Waals surface area contributed by atoms with E-state index in [1.165, 1.54) is 5.04 Å². The van der Waals surface area contributed by atoms with Crippen molar-refractivity contribution in [3.05, 3.63) is 0 Å². The third-order valence-corrected chi connectivity index (χ3v) is 2.26. The highest BCUT2D eigenvalue weighted by Crippen LogP contribution is 2.22. The van der Waals surface area contributed by atoms with Crippen LogP contribution in [0.15, 0.2) is 4.99 Å². The molecule has 0 saturated carbocycles. The van der Waals surface area contributed by atoms with Gasteiger partial charge in [-0.2, -0.15) is 0 Å². The monoisotopic (exact) mass is 159 g/mol. The van der Waals surface area contributed by atoms with Gasteiger partial charge in [0, 0.05) is 12.0 Å². The molecule has 0 radical (unpaired) electrons. The zero-order chi connectivity index (χ0) is 8.20. The van der Waals surface area contributed by atoms with E-state index in [2.05, 4.69) is 38.9 Å². The number of aliphatic imine (C=N–C) groups is 1. The molecule has 0 saturated heterocycles. The topological polar surface area (TPSA) is 12.4 Å². The van der Waals surface area contributed by atoms with Gasteiger partial charge in [-0.1, -0.05) is 20.8 Å². The van der Waals surface area contributed by atoms with Crippen molar-refractivity contribution in [3.8, 4) is 0 Å². The maximum Gasteiger partial charge on any atom is 0.0726 e. The Morgan fingerprint density at radius 1 is 1.40 bits per heavy atom. The predicted octanol–water partition coefficient (Wildman–Crippen LogP) is 2.81. The summed E-state index contributed by atoms with van der Waals surface area (Å²) >= 11 is 1.75. The average molecular weight is 159 g/mol. The van der Waals surface area contributed by atoms with Crippen LogP contribution in [0.2, 0.25) is 0 Å². The smallest absolute Gasteiger partial charge is 0.0726 e. The Hall–Kier alpha value is 0.0200. The Morgan fingerprint density at radius 2 is 1.90 bits per heavy atom. The summed E-state index contributed by atoms with van der Waals surface area (Å²) in [6.07, 6.45) is 2.08. The zero-order valence-corrected chi connectivity index (χ0v) is 8.38. The van der Waals surface area contributed by atoms with E-state index in [0.717, 1.165) is 6.54 Å². The molecule has 1 nitrogen and oxygen atoms in total. The van der Waals surface area contributed by atoms with Gasteiger partial charge in [-0.05, 0) is 13.2 Å². The van der Waals surface area contributed by atoms with Crippen molar-refractivity contribution in [1.82, 2.24) is 0 Å². The largest absolute Gasteiger partial charge is 0.283 e. The second-order valence-electron chi connectivity index (χ2n) is 3.23. The van der Waals surface area contributed by atoms with Gasteiger partial charge < -0.3 is 0 Å². The molecule has 0 aliphatic carbocycles. The molecule has 60 valence electrons. The van der Waals surface area contributed by atoms with Crippen molar-refractivity contribution < 1.29 is 0 Å². The number of nitrogens with zero attached hydrogens (tertiary/aromatic N) is 1. The van der Waals surface area contributed by atoms with Gasteiger partial charge in [-0.15, -0.1) is 11.8 Å². The predicted molar refractivity (Wildman–Crippen MR) is 50.9 cm³/mol. The first-order valence-electron chi connectivity index (χ1n) is 3.61. The fourth-order valence-electron chi connectivity index (χ4n) is 0.752. The van der Waals surface area contributed by atoms with E-state index in [-0.39, 0.29) is 5.41 Å². The second kappa shape index (κ2) is 4.02. The van der Waals surface area contributed by atoms with E-state index < -0.39 is 0 Å². The van der Waals surface area contributed by atoms with E-state index in [9.17, 15) is 0 Å². The third kappa shape index (κ3) is 3.25. The van der Waals surface area contributed by atoms with Crippen LogP contribution in [-0.2, 0) is 0 Å². The summed E-state index contributed by atoms with van der Waals surface area (Å²) in [4.78, 5) is 4.39. The summed E-state index contributed by atoms with van der Waals surface area (Å²) in [5, 5.41) is 1.25.